The molecule has 0 aliphatic carbocycles. The molecule has 2 N–H and O–H groups in total. The summed E-state index contributed by atoms with van der Waals surface area (Å²) in [6.07, 6.45) is 1.97. The lowest BCUT2D eigenvalue weighted by Gasteiger charge is -2.15. The molecule has 1 aliphatic rings. The molecule has 0 saturated carbocycles. The van der Waals surface area contributed by atoms with Crippen molar-refractivity contribution in [2.75, 3.05) is 18.5 Å². The van der Waals surface area contributed by atoms with Crippen LogP contribution in [0.1, 0.15) is 18.4 Å². The van der Waals surface area contributed by atoms with E-state index in [-0.39, 0.29) is 11.9 Å². The van der Waals surface area contributed by atoms with Gasteiger partial charge in [0, 0.05) is 24.4 Å². The number of carbonyl (C=O) groups is 1. The Hall–Kier alpha value is -1.89. The third kappa shape index (κ3) is 4.56. The first-order valence-electron chi connectivity index (χ1n) is 6.77. The second-order valence-corrected chi connectivity index (χ2v) is 4.78. The van der Waals surface area contributed by atoms with Gasteiger partial charge in [0.1, 0.15) is 5.75 Å². The Morgan fingerprint density at radius 2 is 2.33 bits per heavy atom. The zero-order valence-electron chi connectivity index (χ0n) is 11.7. The maximum atomic E-state index is 12.3. The summed E-state index contributed by atoms with van der Waals surface area (Å²) in [7, 11) is 0. The van der Waals surface area contributed by atoms with Gasteiger partial charge in [0.2, 0.25) is 0 Å². The SMILES string of the molecule is Cc1c(NC(=O)NC[C@@H]2CCCO2)cccc1OC(F)F. The summed E-state index contributed by atoms with van der Waals surface area (Å²) in [5.74, 6) is 0.0435. The zero-order chi connectivity index (χ0) is 15.2. The van der Waals surface area contributed by atoms with Gasteiger partial charge in [-0.1, -0.05) is 6.07 Å². The van der Waals surface area contributed by atoms with E-state index in [2.05, 4.69) is 15.4 Å². The van der Waals surface area contributed by atoms with Crippen LogP contribution < -0.4 is 15.4 Å². The molecule has 7 heteroatoms. The number of carbonyl (C=O) groups excluding carboxylic acids is 1. The molecule has 0 radical (unpaired) electrons. The van der Waals surface area contributed by atoms with Crippen LogP contribution >= 0.6 is 0 Å². The minimum atomic E-state index is -2.90. The molecular weight excluding hydrogens is 282 g/mol. The Morgan fingerprint density at radius 1 is 1.52 bits per heavy atom. The van der Waals surface area contributed by atoms with Crippen LogP contribution in [-0.2, 0) is 4.74 Å². The van der Waals surface area contributed by atoms with Crippen LogP contribution in [0.5, 0.6) is 5.75 Å². The van der Waals surface area contributed by atoms with Crippen molar-refractivity contribution in [2.45, 2.75) is 32.5 Å². The highest BCUT2D eigenvalue weighted by atomic mass is 19.3. The number of nitrogens with one attached hydrogen (secondary N) is 2. The van der Waals surface area contributed by atoms with Gasteiger partial charge in [-0.2, -0.15) is 8.78 Å². The van der Waals surface area contributed by atoms with Crippen LogP contribution in [-0.4, -0.2) is 31.9 Å². The van der Waals surface area contributed by atoms with Gasteiger partial charge >= 0.3 is 12.6 Å². The molecule has 0 bridgehead atoms. The van der Waals surface area contributed by atoms with Gasteiger partial charge in [-0.3, -0.25) is 0 Å². The Balaban J connectivity index is 1.90. The van der Waals surface area contributed by atoms with E-state index in [0.717, 1.165) is 19.4 Å². The molecule has 5 nitrogen and oxygen atoms in total. The molecule has 0 unspecified atom stereocenters. The fourth-order valence-electron chi connectivity index (χ4n) is 2.15. The van der Waals surface area contributed by atoms with Crippen LogP contribution in [0.2, 0.25) is 0 Å². The van der Waals surface area contributed by atoms with Crippen molar-refractivity contribution in [1.29, 1.82) is 0 Å². The van der Waals surface area contributed by atoms with E-state index in [4.69, 9.17) is 4.74 Å². The number of alkyl halides is 2. The van der Waals surface area contributed by atoms with Gasteiger partial charge in [-0.25, -0.2) is 4.79 Å². The average molecular weight is 300 g/mol. The predicted molar refractivity (Wildman–Crippen MR) is 73.8 cm³/mol. The van der Waals surface area contributed by atoms with E-state index in [1.54, 1.807) is 19.1 Å². The van der Waals surface area contributed by atoms with E-state index in [1.165, 1.54) is 6.07 Å². The molecule has 1 aromatic rings. The van der Waals surface area contributed by atoms with Crippen molar-refractivity contribution in [3.8, 4) is 5.75 Å². The maximum Gasteiger partial charge on any atom is 0.387 e. The number of amides is 2. The topological polar surface area (TPSA) is 59.6 Å². The van der Waals surface area contributed by atoms with Crippen LogP contribution in [0.25, 0.3) is 0 Å². The lowest BCUT2D eigenvalue weighted by Crippen LogP contribution is -2.35. The van der Waals surface area contributed by atoms with E-state index >= 15 is 0 Å². The van der Waals surface area contributed by atoms with E-state index < -0.39 is 12.6 Å². The second kappa shape index (κ2) is 7.21. The largest absolute Gasteiger partial charge is 0.434 e. The summed E-state index contributed by atoms with van der Waals surface area (Å²) in [5.41, 5.74) is 0.878. The number of anilines is 1. The molecule has 1 fully saturated rings. The molecular formula is C14H18F2N2O3. The van der Waals surface area contributed by atoms with Gasteiger partial charge in [0.15, 0.2) is 0 Å². The predicted octanol–water partition coefficient (Wildman–Crippen LogP) is 2.90. The summed E-state index contributed by atoms with van der Waals surface area (Å²) in [6, 6.07) is 4.19. The quantitative estimate of drug-likeness (QED) is 0.879. The minimum Gasteiger partial charge on any atom is -0.434 e. The number of ether oxygens (including phenoxy) is 2. The van der Waals surface area contributed by atoms with Gasteiger partial charge < -0.3 is 20.1 Å². The van der Waals surface area contributed by atoms with E-state index in [9.17, 15) is 13.6 Å². The Morgan fingerprint density at radius 3 is 3.00 bits per heavy atom. The average Bonchev–Trinajstić information content (AvgIpc) is 2.94. The lowest BCUT2D eigenvalue weighted by molar-refractivity contribution is -0.0502. The van der Waals surface area contributed by atoms with Gasteiger partial charge in [0.25, 0.3) is 0 Å². The van der Waals surface area contributed by atoms with Gasteiger partial charge in [0.05, 0.1) is 6.10 Å². The van der Waals surface area contributed by atoms with Crippen molar-refractivity contribution in [1.82, 2.24) is 5.32 Å². The number of urea groups is 1. The number of hydrogen-bond donors (Lipinski definition) is 2. The zero-order valence-corrected chi connectivity index (χ0v) is 11.7. The van der Waals surface area contributed by atoms with Crippen LogP contribution in [0.3, 0.4) is 0 Å². The van der Waals surface area contributed by atoms with Crippen LogP contribution in [0.15, 0.2) is 18.2 Å². The molecule has 1 aromatic carbocycles. The highest BCUT2D eigenvalue weighted by Gasteiger charge is 2.17. The monoisotopic (exact) mass is 300 g/mol. The minimum absolute atomic E-state index is 0.0435. The molecule has 21 heavy (non-hydrogen) atoms. The first kappa shape index (κ1) is 15.5. The highest BCUT2D eigenvalue weighted by molar-refractivity contribution is 5.90. The summed E-state index contributed by atoms with van der Waals surface area (Å²) in [6.45, 7) is -0.140. The molecule has 0 spiro atoms. The second-order valence-electron chi connectivity index (χ2n) is 4.78. The molecule has 0 aromatic heterocycles. The Kier molecular flexibility index (Phi) is 5.32. The smallest absolute Gasteiger partial charge is 0.387 e. The Labute approximate surface area is 121 Å². The summed E-state index contributed by atoms with van der Waals surface area (Å²) in [4.78, 5) is 11.8. The number of rotatable bonds is 5. The fraction of sp³-hybridized carbons (Fsp3) is 0.500. The van der Waals surface area contributed by atoms with Gasteiger partial charge in [-0.05, 0) is 31.9 Å². The van der Waals surface area contributed by atoms with Crippen molar-refractivity contribution in [3.05, 3.63) is 23.8 Å². The van der Waals surface area contributed by atoms with Crippen LogP contribution in [0, 0.1) is 6.92 Å². The van der Waals surface area contributed by atoms with Crippen molar-refractivity contribution < 1.29 is 23.0 Å². The van der Waals surface area contributed by atoms with Crippen molar-refractivity contribution in [2.24, 2.45) is 0 Å². The van der Waals surface area contributed by atoms with E-state index in [0.29, 0.717) is 17.8 Å². The molecule has 1 atom stereocenters. The van der Waals surface area contributed by atoms with Crippen LogP contribution in [0.4, 0.5) is 19.3 Å². The summed E-state index contributed by atoms with van der Waals surface area (Å²) < 4.78 is 34.3. The molecule has 1 saturated heterocycles. The summed E-state index contributed by atoms with van der Waals surface area (Å²) >= 11 is 0. The van der Waals surface area contributed by atoms with Crippen molar-refractivity contribution in [3.63, 3.8) is 0 Å². The van der Waals surface area contributed by atoms with Gasteiger partial charge in [-0.15, -0.1) is 0 Å². The fourth-order valence-corrected chi connectivity index (χ4v) is 2.15. The normalized spacial score (nSPS) is 17.8. The van der Waals surface area contributed by atoms with Crippen molar-refractivity contribution >= 4 is 11.7 Å². The number of halogens is 2. The number of hydrogen-bond acceptors (Lipinski definition) is 3. The van der Waals surface area contributed by atoms with E-state index in [1.807, 2.05) is 0 Å². The molecule has 2 rings (SSSR count). The Bertz CT molecular complexity index is 491. The molecule has 1 heterocycles. The maximum absolute atomic E-state index is 12.3. The lowest BCUT2D eigenvalue weighted by atomic mass is 10.2. The molecule has 2 amide bonds. The first-order valence-corrected chi connectivity index (χ1v) is 6.77. The third-order valence-corrected chi connectivity index (χ3v) is 3.26. The molecule has 116 valence electrons. The molecule has 1 aliphatic heterocycles. The number of benzene rings is 1. The standard InChI is InChI=1S/C14H18F2N2O3/c1-9-11(5-2-6-12(9)21-13(15)16)18-14(19)17-8-10-4-3-7-20-10/h2,5-6,10,13H,3-4,7-8H2,1H3,(H2,17,18,19)/t10-/m0/s1. The third-order valence-electron chi connectivity index (χ3n) is 3.26. The summed E-state index contributed by atoms with van der Waals surface area (Å²) in [5, 5.41) is 5.31. The first-order chi connectivity index (χ1) is 10.1. The highest BCUT2D eigenvalue weighted by Crippen LogP contribution is 2.26.